The summed E-state index contributed by atoms with van der Waals surface area (Å²) >= 11 is 4.85. The molecule has 2 unspecified atom stereocenters. The first kappa shape index (κ1) is 17.9. The minimum Gasteiger partial charge on any atom is -0.490 e. The molecule has 0 spiro atoms. The second-order valence-corrected chi connectivity index (χ2v) is 9.83. The Morgan fingerprint density at radius 2 is 1.88 bits per heavy atom. The van der Waals surface area contributed by atoms with E-state index in [-0.39, 0.29) is 22.8 Å². The molecule has 24 heavy (non-hydrogen) atoms. The number of nitrogens with zero attached hydrogens (tertiary/aromatic N) is 1. The molecule has 1 N–H and O–H groups in total. The Bertz CT molecular complexity index is 769. The van der Waals surface area contributed by atoms with Crippen LogP contribution in [0.15, 0.2) is 16.6 Å². The molecule has 2 heterocycles. The summed E-state index contributed by atoms with van der Waals surface area (Å²) in [5.74, 6) is 1.44. The maximum absolute atomic E-state index is 12.0. The first-order chi connectivity index (χ1) is 11.4. The Kier molecular flexibility index (Phi) is 5.04. The van der Waals surface area contributed by atoms with Crippen molar-refractivity contribution in [3.63, 3.8) is 0 Å². The Balaban J connectivity index is 2.01. The third-order valence-electron chi connectivity index (χ3n) is 3.96. The number of sulfone groups is 1. The lowest BCUT2D eigenvalue weighted by molar-refractivity contribution is 0.287. The smallest absolute Gasteiger partial charge is 0.163 e. The topological polar surface area (TPSA) is 79.7 Å². The van der Waals surface area contributed by atoms with Crippen LogP contribution in [0.25, 0.3) is 0 Å². The normalized spacial score (nSPS) is 25.0. The molecule has 1 aromatic rings. The molecule has 0 saturated carbocycles. The Labute approximate surface area is 154 Å². The predicted molar refractivity (Wildman–Crippen MR) is 101 cm³/mol. The molecule has 2 saturated heterocycles. The van der Waals surface area contributed by atoms with Crippen molar-refractivity contribution < 1.29 is 17.9 Å². The van der Waals surface area contributed by atoms with Crippen molar-refractivity contribution >= 4 is 48.4 Å². The van der Waals surface area contributed by atoms with Crippen molar-refractivity contribution in [3.05, 3.63) is 16.6 Å². The van der Waals surface area contributed by atoms with Gasteiger partial charge in [0.05, 0.1) is 36.4 Å². The molecule has 3 rings (SSSR count). The van der Waals surface area contributed by atoms with E-state index < -0.39 is 9.84 Å². The van der Waals surface area contributed by atoms with E-state index in [9.17, 15) is 8.42 Å². The summed E-state index contributed by atoms with van der Waals surface area (Å²) in [6.07, 6.45) is 0. The number of thioether (sulfide) groups is 1. The standard InChI is InChI=1S/C15H19BrN2O4S2/c1-3-21-12-5-9(16)10(6-13(12)22-4-2)18-11-7-24(19,20)8-14(11)23-15(18)17/h5-6,11,14,17H,3-4,7-8H2,1-2H3. The number of amidine groups is 1. The quantitative estimate of drug-likeness (QED) is 0.766. The maximum atomic E-state index is 12.0. The molecule has 132 valence electrons. The van der Waals surface area contributed by atoms with Gasteiger partial charge in [0.2, 0.25) is 0 Å². The van der Waals surface area contributed by atoms with E-state index in [2.05, 4.69) is 15.9 Å². The van der Waals surface area contributed by atoms with E-state index in [1.165, 1.54) is 11.8 Å². The molecule has 0 radical (unpaired) electrons. The molecule has 0 aliphatic carbocycles. The van der Waals surface area contributed by atoms with E-state index in [1.807, 2.05) is 26.0 Å². The molecule has 2 aliphatic rings. The molecule has 2 atom stereocenters. The number of benzene rings is 1. The van der Waals surface area contributed by atoms with Crippen molar-refractivity contribution in [1.29, 1.82) is 5.41 Å². The summed E-state index contributed by atoms with van der Waals surface area (Å²) in [5, 5.41) is 8.56. The minimum atomic E-state index is -3.05. The van der Waals surface area contributed by atoms with E-state index >= 15 is 0 Å². The highest BCUT2D eigenvalue weighted by atomic mass is 79.9. The summed E-state index contributed by atoms with van der Waals surface area (Å²) < 4.78 is 35.9. The molecule has 1 aromatic carbocycles. The van der Waals surface area contributed by atoms with Gasteiger partial charge in [-0.1, -0.05) is 11.8 Å². The highest BCUT2D eigenvalue weighted by Gasteiger charge is 2.49. The number of hydrogen-bond donors (Lipinski definition) is 1. The second kappa shape index (κ2) is 6.76. The van der Waals surface area contributed by atoms with Gasteiger partial charge in [0, 0.05) is 21.9 Å². The first-order valence-electron chi connectivity index (χ1n) is 7.70. The lowest BCUT2D eigenvalue weighted by Crippen LogP contribution is -2.37. The molecule has 0 amide bonds. The molecule has 0 bridgehead atoms. The van der Waals surface area contributed by atoms with Gasteiger partial charge < -0.3 is 14.4 Å². The van der Waals surface area contributed by atoms with Gasteiger partial charge in [-0.15, -0.1) is 0 Å². The van der Waals surface area contributed by atoms with Crippen molar-refractivity contribution in [2.45, 2.75) is 25.1 Å². The summed E-state index contributed by atoms with van der Waals surface area (Å²) in [5.41, 5.74) is 0.740. The first-order valence-corrected chi connectivity index (χ1v) is 11.2. The zero-order valence-corrected chi connectivity index (χ0v) is 16.6. The van der Waals surface area contributed by atoms with Gasteiger partial charge in [-0.25, -0.2) is 8.42 Å². The molecule has 0 aromatic heterocycles. The lowest BCUT2D eigenvalue weighted by Gasteiger charge is -2.26. The van der Waals surface area contributed by atoms with Gasteiger partial charge in [-0.3, -0.25) is 5.41 Å². The van der Waals surface area contributed by atoms with Gasteiger partial charge >= 0.3 is 0 Å². The Morgan fingerprint density at radius 1 is 1.25 bits per heavy atom. The van der Waals surface area contributed by atoms with Crippen LogP contribution in [0.1, 0.15) is 13.8 Å². The van der Waals surface area contributed by atoms with Crippen LogP contribution in [-0.2, 0) is 9.84 Å². The number of nitrogens with one attached hydrogen (secondary N) is 1. The number of halogens is 1. The van der Waals surface area contributed by atoms with Gasteiger partial charge in [0.15, 0.2) is 26.5 Å². The average Bonchev–Trinajstić information content (AvgIpc) is 2.93. The number of anilines is 1. The fraction of sp³-hybridized carbons (Fsp3) is 0.533. The molecule has 2 fully saturated rings. The number of hydrogen-bond acceptors (Lipinski definition) is 6. The number of fused-ring (bicyclic) bond motifs is 1. The monoisotopic (exact) mass is 434 g/mol. The van der Waals surface area contributed by atoms with Gasteiger partial charge in [-0.2, -0.15) is 0 Å². The van der Waals surface area contributed by atoms with Crippen molar-refractivity contribution in [2.75, 3.05) is 29.6 Å². The predicted octanol–water partition coefficient (Wildman–Crippen LogP) is 2.90. The fourth-order valence-corrected chi connectivity index (χ4v) is 7.33. The summed E-state index contributed by atoms with van der Waals surface area (Å²) in [6, 6.07) is 3.43. The summed E-state index contributed by atoms with van der Waals surface area (Å²) in [6.45, 7) is 4.81. The Morgan fingerprint density at radius 3 is 2.50 bits per heavy atom. The van der Waals surface area contributed by atoms with Crippen LogP contribution in [0, 0.1) is 5.41 Å². The second-order valence-electron chi connectivity index (χ2n) is 5.59. The zero-order valence-electron chi connectivity index (χ0n) is 13.4. The molecular formula is C15H19BrN2O4S2. The highest BCUT2D eigenvalue weighted by Crippen LogP contribution is 2.45. The largest absolute Gasteiger partial charge is 0.490 e. The van der Waals surface area contributed by atoms with Crippen LogP contribution in [0.2, 0.25) is 0 Å². The van der Waals surface area contributed by atoms with Crippen LogP contribution >= 0.6 is 27.7 Å². The van der Waals surface area contributed by atoms with E-state index in [1.54, 1.807) is 4.90 Å². The lowest BCUT2D eigenvalue weighted by atomic mass is 10.2. The third-order valence-corrected chi connectivity index (χ3v) is 7.72. The molecule has 9 heteroatoms. The van der Waals surface area contributed by atoms with Gasteiger partial charge in [0.25, 0.3) is 0 Å². The maximum Gasteiger partial charge on any atom is 0.163 e. The van der Waals surface area contributed by atoms with Crippen LogP contribution < -0.4 is 14.4 Å². The SMILES string of the molecule is CCOc1cc(Br)c(N2C(=N)SC3CS(=O)(=O)CC32)cc1OCC. The minimum absolute atomic E-state index is 0.0800. The van der Waals surface area contributed by atoms with Crippen LogP contribution in [0.5, 0.6) is 11.5 Å². The molecular weight excluding hydrogens is 416 g/mol. The van der Waals surface area contributed by atoms with E-state index in [4.69, 9.17) is 14.9 Å². The molecule has 2 aliphatic heterocycles. The van der Waals surface area contributed by atoms with Crippen molar-refractivity contribution in [3.8, 4) is 11.5 Å². The summed E-state index contributed by atoms with van der Waals surface area (Å²) in [7, 11) is -3.05. The number of rotatable bonds is 5. The average molecular weight is 435 g/mol. The van der Waals surface area contributed by atoms with Crippen LogP contribution in [0.4, 0.5) is 5.69 Å². The van der Waals surface area contributed by atoms with Crippen molar-refractivity contribution in [2.24, 2.45) is 0 Å². The van der Waals surface area contributed by atoms with Crippen molar-refractivity contribution in [1.82, 2.24) is 0 Å². The summed E-state index contributed by atoms with van der Waals surface area (Å²) in [4.78, 5) is 1.79. The fourth-order valence-electron chi connectivity index (χ4n) is 3.03. The van der Waals surface area contributed by atoms with Gasteiger partial charge in [-0.05, 0) is 29.8 Å². The van der Waals surface area contributed by atoms with Crippen LogP contribution in [0.3, 0.4) is 0 Å². The van der Waals surface area contributed by atoms with Crippen LogP contribution in [-0.4, -0.2) is 49.6 Å². The third kappa shape index (κ3) is 3.25. The van der Waals surface area contributed by atoms with E-state index in [0.29, 0.717) is 29.9 Å². The highest BCUT2D eigenvalue weighted by molar-refractivity contribution is 9.10. The Hall–Kier alpha value is -0.930. The van der Waals surface area contributed by atoms with Gasteiger partial charge in [0.1, 0.15) is 0 Å². The zero-order chi connectivity index (χ0) is 17.5. The molecule has 6 nitrogen and oxygen atoms in total. The van der Waals surface area contributed by atoms with E-state index in [0.717, 1.165) is 10.2 Å². The number of ether oxygens (including phenoxy) is 2.